The summed E-state index contributed by atoms with van der Waals surface area (Å²) in [4.78, 5) is 44.3. The fraction of sp³-hybridized carbons (Fsp3) is 0.326. The van der Waals surface area contributed by atoms with Crippen molar-refractivity contribution in [1.29, 1.82) is 0 Å². The van der Waals surface area contributed by atoms with Crippen LogP contribution in [-0.2, 0) is 19.4 Å². The molecule has 3 aliphatic rings. The molecule has 14 heteroatoms. The summed E-state index contributed by atoms with van der Waals surface area (Å²) in [5, 5.41) is 35.5. The van der Waals surface area contributed by atoms with Crippen LogP contribution >= 0.6 is 0 Å². The Balaban J connectivity index is 0.00000275. The fourth-order valence-electron chi connectivity index (χ4n) is 8.49. The van der Waals surface area contributed by atoms with Gasteiger partial charge in [0.1, 0.15) is 5.75 Å². The number of aromatic amines is 1. The third-order valence-electron chi connectivity index (χ3n) is 11.3. The highest BCUT2D eigenvalue weighted by Crippen LogP contribution is 2.39. The lowest BCUT2D eigenvalue weighted by atomic mass is 9.82. The molecule has 57 heavy (non-hydrogen) atoms. The number of fused-ring (bicyclic) bond motifs is 5. The molecule has 2 aromatic heterocycles. The Morgan fingerprint density at radius 1 is 0.930 bits per heavy atom. The molecular weight excluding hydrogens is 736 g/mol. The number of nitrogens with one attached hydrogen (secondary N) is 2. The molecule has 0 radical (unpaired) electrons. The monoisotopic (exact) mass is 783 g/mol. The second-order valence-electron chi connectivity index (χ2n) is 14.8. The largest absolute Gasteiger partial charge is 0.506 e. The summed E-state index contributed by atoms with van der Waals surface area (Å²) in [6.07, 6.45) is 2.17. The van der Waals surface area contributed by atoms with Gasteiger partial charge >= 0.3 is 11.8 Å². The molecule has 1 amide bonds. The van der Waals surface area contributed by atoms with Gasteiger partial charge in [0.25, 0.3) is 0 Å². The number of pyridine rings is 1. The van der Waals surface area contributed by atoms with E-state index in [9.17, 15) is 29.7 Å². The van der Waals surface area contributed by atoms with Crippen LogP contribution in [0.1, 0.15) is 42.1 Å². The first kappa shape index (κ1) is 40.8. The summed E-state index contributed by atoms with van der Waals surface area (Å²) < 4.78 is 7.31. The molecule has 9 rings (SSSR count). The molecule has 12 nitrogen and oxygen atoms in total. The molecule has 0 unspecified atom stereocenters. The maximum absolute atomic E-state index is 13.0. The quantitative estimate of drug-likeness (QED) is 0.0860. The number of carboxylic acid groups (broad SMARTS) is 1. The van der Waals surface area contributed by atoms with Gasteiger partial charge < -0.3 is 34.9 Å². The van der Waals surface area contributed by atoms with Crippen LogP contribution < -0.4 is 21.5 Å². The summed E-state index contributed by atoms with van der Waals surface area (Å²) >= 11 is 0. The normalized spacial score (nSPS) is 17.9. The summed E-state index contributed by atoms with van der Waals surface area (Å²) in [7, 11) is 0. The molecule has 2 atom stereocenters. The number of aryl methyl sites for hydroxylation is 2. The van der Waals surface area contributed by atoms with Gasteiger partial charge in [-0.15, -0.1) is 0 Å². The SMILES string of the molecule is F.F.O=C(O)N(c1cc(CCCn2c(=O)oc3cc(CCNC[C@@H](O)c4ccc(O)c5[nH]c(=O)ccc45)ccc32)ccc1-c1ccccc1)[C@H]1CN2CCC1CC2. The van der Waals surface area contributed by atoms with Crippen LogP contribution in [0.2, 0.25) is 0 Å². The number of hydrogen-bond acceptors (Lipinski definition) is 8. The van der Waals surface area contributed by atoms with Crippen LogP contribution in [0.25, 0.3) is 33.1 Å². The number of H-pyrrole nitrogens is 1. The van der Waals surface area contributed by atoms with Gasteiger partial charge in [-0.05, 0) is 110 Å². The first-order chi connectivity index (χ1) is 26.7. The van der Waals surface area contributed by atoms with Gasteiger partial charge in [0.05, 0.1) is 28.9 Å². The molecule has 0 spiro atoms. The number of aliphatic hydroxyl groups is 1. The smallest absolute Gasteiger partial charge is 0.419 e. The Morgan fingerprint density at radius 3 is 2.42 bits per heavy atom. The lowest BCUT2D eigenvalue weighted by Gasteiger charge is -2.48. The number of amides is 1. The topological polar surface area (TPSA) is 164 Å². The minimum Gasteiger partial charge on any atom is -0.506 e. The van der Waals surface area contributed by atoms with E-state index in [1.165, 1.54) is 12.1 Å². The number of oxazole rings is 1. The Kier molecular flexibility index (Phi) is 12.6. The van der Waals surface area contributed by atoms with E-state index in [1.807, 2.05) is 60.7 Å². The Bertz CT molecular complexity index is 2460. The van der Waals surface area contributed by atoms with E-state index in [4.69, 9.17) is 4.42 Å². The molecule has 0 saturated carbocycles. The molecule has 3 saturated heterocycles. The Hall–Kier alpha value is -5.83. The molecule has 4 aromatic carbocycles. The van der Waals surface area contributed by atoms with Crippen LogP contribution in [-0.4, -0.2) is 74.6 Å². The third-order valence-corrected chi connectivity index (χ3v) is 11.3. The van der Waals surface area contributed by atoms with E-state index in [0.717, 1.165) is 54.7 Å². The number of rotatable bonds is 13. The first-order valence-corrected chi connectivity index (χ1v) is 19.0. The maximum atomic E-state index is 13.0. The zero-order valence-electron chi connectivity index (χ0n) is 31.3. The van der Waals surface area contributed by atoms with Gasteiger partial charge in [-0.3, -0.25) is 23.7 Å². The second kappa shape index (κ2) is 17.5. The summed E-state index contributed by atoms with van der Waals surface area (Å²) in [6.45, 7) is 4.07. The van der Waals surface area contributed by atoms with Crippen molar-refractivity contribution in [3.63, 3.8) is 0 Å². The maximum Gasteiger partial charge on any atom is 0.419 e. The number of nitrogens with zero attached hydrogens (tertiary/aromatic N) is 3. The number of aromatic nitrogens is 2. The number of benzene rings is 4. The molecule has 3 aliphatic heterocycles. The highest BCUT2D eigenvalue weighted by molar-refractivity contribution is 5.94. The fourth-order valence-corrected chi connectivity index (χ4v) is 8.49. The Morgan fingerprint density at radius 2 is 1.68 bits per heavy atom. The average Bonchev–Trinajstić information content (AvgIpc) is 3.51. The lowest BCUT2D eigenvalue weighted by Crippen LogP contribution is -2.59. The number of carbonyl (C=O) groups is 1. The van der Waals surface area contributed by atoms with Crippen LogP contribution in [0, 0.1) is 5.92 Å². The summed E-state index contributed by atoms with van der Waals surface area (Å²) in [5.41, 5.74) is 6.34. The minimum absolute atomic E-state index is 0. The number of aliphatic hydroxyl groups excluding tert-OH is 1. The predicted octanol–water partition coefficient (Wildman–Crippen LogP) is 6.19. The number of halogens is 2. The van der Waals surface area contributed by atoms with Crippen molar-refractivity contribution in [2.24, 2.45) is 5.92 Å². The summed E-state index contributed by atoms with van der Waals surface area (Å²) in [6, 6.07) is 27.8. The van der Waals surface area contributed by atoms with Crippen LogP contribution in [0.4, 0.5) is 19.9 Å². The Labute approximate surface area is 326 Å². The van der Waals surface area contributed by atoms with Crippen molar-refractivity contribution in [2.45, 2.75) is 50.8 Å². The molecule has 6 aromatic rings. The van der Waals surface area contributed by atoms with Gasteiger partial charge in [-0.25, -0.2) is 9.59 Å². The average molecular weight is 784 g/mol. The van der Waals surface area contributed by atoms with E-state index in [2.05, 4.69) is 21.3 Å². The standard InChI is InChI=1S/C43H45N5O7.2FH/c49-37-14-11-32(33-12-15-40(51)45-41(33)37)38(50)25-44-19-16-28-9-13-34-39(24-28)55-43(54)47(34)20-4-5-27-8-10-31(29-6-2-1-3-7-29)35(23-27)48(42(52)53)36-26-46-21-17-30(36)18-22-46;;/h1-3,6-15,23-24,30,36,38,44,49-50H,4-5,16-22,25-26H2,(H,45,51)(H,52,53);2*1H/t36-,38+;;/m0../s1. The number of aromatic hydroxyl groups is 1. The van der Waals surface area contributed by atoms with Crippen molar-refractivity contribution in [3.8, 4) is 16.9 Å². The van der Waals surface area contributed by atoms with Crippen molar-refractivity contribution < 1.29 is 33.9 Å². The van der Waals surface area contributed by atoms with Crippen molar-refractivity contribution >= 4 is 33.8 Å². The van der Waals surface area contributed by atoms with Gasteiger partial charge in [0.15, 0.2) is 5.58 Å². The van der Waals surface area contributed by atoms with Crippen LogP contribution in [0.5, 0.6) is 5.75 Å². The lowest BCUT2D eigenvalue weighted by molar-refractivity contribution is 0.0837. The zero-order chi connectivity index (χ0) is 38.1. The number of piperidine rings is 3. The molecule has 5 N–H and O–H groups in total. The van der Waals surface area contributed by atoms with E-state index in [0.29, 0.717) is 71.5 Å². The highest BCUT2D eigenvalue weighted by atomic mass is 19.0. The molecule has 5 heterocycles. The minimum atomic E-state index is -0.931. The van der Waals surface area contributed by atoms with Crippen LogP contribution in [0.3, 0.4) is 0 Å². The number of anilines is 1. The van der Waals surface area contributed by atoms with E-state index in [1.54, 1.807) is 21.6 Å². The van der Waals surface area contributed by atoms with Gasteiger partial charge in [0.2, 0.25) is 5.56 Å². The second-order valence-corrected chi connectivity index (χ2v) is 14.8. The van der Waals surface area contributed by atoms with Crippen molar-refractivity contribution in [2.75, 3.05) is 37.6 Å². The first-order valence-electron chi connectivity index (χ1n) is 19.0. The van der Waals surface area contributed by atoms with E-state index in [-0.39, 0.29) is 33.3 Å². The van der Waals surface area contributed by atoms with Gasteiger partial charge in [-0.2, -0.15) is 0 Å². The molecule has 3 fully saturated rings. The van der Waals surface area contributed by atoms with Gasteiger partial charge in [-0.1, -0.05) is 54.6 Å². The third kappa shape index (κ3) is 8.48. The van der Waals surface area contributed by atoms with Crippen LogP contribution in [0.15, 0.2) is 105 Å². The molecular formula is C43H47F2N5O7. The van der Waals surface area contributed by atoms with E-state index >= 15 is 0 Å². The summed E-state index contributed by atoms with van der Waals surface area (Å²) in [5.74, 6) is -0.138. The van der Waals surface area contributed by atoms with E-state index < -0.39 is 18.0 Å². The van der Waals surface area contributed by atoms with Gasteiger partial charge in [0, 0.05) is 36.7 Å². The molecule has 0 aliphatic carbocycles. The zero-order valence-corrected chi connectivity index (χ0v) is 31.3. The highest BCUT2D eigenvalue weighted by Gasteiger charge is 2.41. The van der Waals surface area contributed by atoms with Crippen molar-refractivity contribution in [3.05, 3.63) is 129 Å². The molecule has 300 valence electrons. The number of phenolic OH excluding ortho intramolecular Hbond substituents is 1. The molecule has 2 bridgehead atoms. The number of phenols is 1. The number of hydrogen-bond donors (Lipinski definition) is 5. The predicted molar refractivity (Wildman–Crippen MR) is 217 cm³/mol. The van der Waals surface area contributed by atoms with Crippen molar-refractivity contribution in [1.82, 2.24) is 19.8 Å².